The van der Waals surface area contributed by atoms with Crippen molar-refractivity contribution in [2.24, 2.45) is 0 Å². The lowest BCUT2D eigenvalue weighted by atomic mass is 10.2. The third kappa shape index (κ3) is 3.67. The highest BCUT2D eigenvalue weighted by molar-refractivity contribution is 5.52. The van der Waals surface area contributed by atoms with Gasteiger partial charge in [-0.05, 0) is 37.1 Å². The average molecular weight is 270 g/mol. The molecule has 0 fully saturated rings. The highest BCUT2D eigenvalue weighted by Gasteiger charge is 2.04. The fraction of sp³-hybridized carbons (Fsp3) is 0.294. The fourth-order valence-corrected chi connectivity index (χ4v) is 2.21. The highest BCUT2D eigenvalue weighted by Crippen LogP contribution is 2.20. The molecule has 0 saturated heterocycles. The molecule has 0 aliphatic rings. The first kappa shape index (κ1) is 14.3. The molecule has 3 heteroatoms. The van der Waals surface area contributed by atoms with Crippen LogP contribution in [-0.2, 0) is 0 Å². The Labute approximate surface area is 121 Å². The van der Waals surface area contributed by atoms with Gasteiger partial charge in [-0.3, -0.25) is 0 Å². The lowest BCUT2D eigenvalue weighted by Gasteiger charge is -2.21. The Morgan fingerprint density at radius 2 is 1.75 bits per heavy atom. The molecule has 0 radical (unpaired) electrons. The van der Waals surface area contributed by atoms with E-state index in [1.165, 1.54) is 11.3 Å². The number of ether oxygens (including phenoxy) is 1. The summed E-state index contributed by atoms with van der Waals surface area (Å²) in [6.45, 7) is 3.76. The zero-order valence-corrected chi connectivity index (χ0v) is 12.2. The van der Waals surface area contributed by atoms with Gasteiger partial charge in [0.25, 0.3) is 0 Å². The van der Waals surface area contributed by atoms with Crippen molar-refractivity contribution in [3.05, 3.63) is 54.1 Å². The molecule has 2 N–H and O–H groups in total. The van der Waals surface area contributed by atoms with Gasteiger partial charge in [-0.15, -0.1) is 0 Å². The van der Waals surface area contributed by atoms with Gasteiger partial charge in [-0.2, -0.15) is 0 Å². The van der Waals surface area contributed by atoms with Crippen molar-refractivity contribution in [3.8, 4) is 5.75 Å². The van der Waals surface area contributed by atoms with E-state index in [1.807, 2.05) is 24.3 Å². The Balaban J connectivity index is 1.79. The highest BCUT2D eigenvalue weighted by atomic mass is 16.5. The van der Waals surface area contributed by atoms with Crippen molar-refractivity contribution in [2.75, 3.05) is 30.8 Å². The molecule has 0 spiro atoms. The van der Waals surface area contributed by atoms with E-state index in [4.69, 9.17) is 10.5 Å². The molecule has 0 aliphatic carbocycles. The maximum atomic E-state index is 5.84. The van der Waals surface area contributed by atoms with Gasteiger partial charge in [0.2, 0.25) is 0 Å². The second kappa shape index (κ2) is 6.85. The molecule has 3 nitrogen and oxygen atoms in total. The number of para-hydroxylation sites is 3. The summed E-state index contributed by atoms with van der Waals surface area (Å²) in [4.78, 5) is 2.26. The van der Waals surface area contributed by atoms with Crippen molar-refractivity contribution in [3.63, 3.8) is 0 Å². The first-order valence-electron chi connectivity index (χ1n) is 6.92. The van der Waals surface area contributed by atoms with Crippen LogP contribution < -0.4 is 15.4 Å². The quantitative estimate of drug-likeness (QED) is 0.645. The third-order valence-electron chi connectivity index (χ3n) is 3.34. The minimum atomic E-state index is 0.671. The predicted octanol–water partition coefficient (Wildman–Crippen LogP) is 3.48. The zero-order valence-electron chi connectivity index (χ0n) is 12.2. The van der Waals surface area contributed by atoms with Gasteiger partial charge in [-0.25, -0.2) is 0 Å². The second-order valence-electron chi connectivity index (χ2n) is 4.95. The van der Waals surface area contributed by atoms with Gasteiger partial charge in [-0.1, -0.05) is 30.3 Å². The number of hydrogen-bond donors (Lipinski definition) is 1. The molecular formula is C17H22N2O. The van der Waals surface area contributed by atoms with E-state index in [-0.39, 0.29) is 0 Å². The number of benzene rings is 2. The van der Waals surface area contributed by atoms with Crippen LogP contribution in [0.4, 0.5) is 11.4 Å². The molecule has 20 heavy (non-hydrogen) atoms. The largest absolute Gasteiger partial charge is 0.491 e. The number of aryl methyl sites for hydroxylation is 1. The number of nitrogen functional groups attached to an aromatic ring is 1. The number of anilines is 2. The molecule has 2 aromatic carbocycles. The Kier molecular flexibility index (Phi) is 4.88. The van der Waals surface area contributed by atoms with Gasteiger partial charge in [0.15, 0.2) is 0 Å². The van der Waals surface area contributed by atoms with E-state index in [0.717, 1.165) is 18.7 Å². The molecule has 0 aliphatic heterocycles. The van der Waals surface area contributed by atoms with E-state index in [9.17, 15) is 0 Å². The van der Waals surface area contributed by atoms with E-state index < -0.39 is 0 Å². The molecule has 0 bridgehead atoms. The Bertz CT molecular complexity index is 554. The van der Waals surface area contributed by atoms with Gasteiger partial charge < -0.3 is 15.4 Å². The third-order valence-corrected chi connectivity index (χ3v) is 3.34. The van der Waals surface area contributed by atoms with Gasteiger partial charge >= 0.3 is 0 Å². The molecule has 0 aromatic heterocycles. The molecule has 2 aromatic rings. The first-order chi connectivity index (χ1) is 9.68. The molecule has 2 rings (SSSR count). The molecule has 106 valence electrons. The van der Waals surface area contributed by atoms with E-state index in [1.54, 1.807) is 0 Å². The van der Waals surface area contributed by atoms with Crippen molar-refractivity contribution in [1.29, 1.82) is 0 Å². The minimum absolute atomic E-state index is 0.671. The number of hydrogen-bond acceptors (Lipinski definition) is 3. The monoisotopic (exact) mass is 270 g/mol. The van der Waals surface area contributed by atoms with Crippen LogP contribution in [0, 0.1) is 6.92 Å². The Morgan fingerprint density at radius 3 is 2.50 bits per heavy atom. The van der Waals surface area contributed by atoms with Crippen LogP contribution in [0.2, 0.25) is 0 Å². The Hall–Kier alpha value is -2.16. The fourth-order valence-electron chi connectivity index (χ4n) is 2.21. The van der Waals surface area contributed by atoms with Gasteiger partial charge in [0.1, 0.15) is 5.75 Å². The SMILES string of the molecule is Cc1ccccc1N(C)CCCOc1ccccc1N. The topological polar surface area (TPSA) is 38.5 Å². The zero-order chi connectivity index (χ0) is 14.4. The molecular weight excluding hydrogens is 248 g/mol. The normalized spacial score (nSPS) is 10.3. The smallest absolute Gasteiger partial charge is 0.142 e. The lowest BCUT2D eigenvalue weighted by molar-refractivity contribution is 0.314. The summed E-state index contributed by atoms with van der Waals surface area (Å²) in [5.74, 6) is 0.769. The predicted molar refractivity (Wildman–Crippen MR) is 85.4 cm³/mol. The summed E-state index contributed by atoms with van der Waals surface area (Å²) in [6.07, 6.45) is 0.958. The summed E-state index contributed by atoms with van der Waals surface area (Å²) in [5.41, 5.74) is 9.10. The van der Waals surface area contributed by atoms with Crippen LogP contribution in [0.25, 0.3) is 0 Å². The van der Waals surface area contributed by atoms with Crippen LogP contribution >= 0.6 is 0 Å². The van der Waals surface area contributed by atoms with Crippen molar-refractivity contribution >= 4 is 11.4 Å². The summed E-state index contributed by atoms with van der Waals surface area (Å²) in [5, 5.41) is 0. The number of nitrogens with two attached hydrogens (primary N) is 1. The maximum absolute atomic E-state index is 5.84. The van der Waals surface area contributed by atoms with Gasteiger partial charge in [0, 0.05) is 19.3 Å². The summed E-state index contributed by atoms with van der Waals surface area (Å²) in [6, 6.07) is 16.0. The van der Waals surface area contributed by atoms with Crippen molar-refractivity contribution < 1.29 is 4.74 Å². The van der Waals surface area contributed by atoms with E-state index in [0.29, 0.717) is 12.3 Å². The van der Waals surface area contributed by atoms with Crippen LogP contribution in [-0.4, -0.2) is 20.2 Å². The van der Waals surface area contributed by atoms with Crippen molar-refractivity contribution in [2.45, 2.75) is 13.3 Å². The minimum Gasteiger partial charge on any atom is -0.491 e. The second-order valence-corrected chi connectivity index (χ2v) is 4.95. The molecule has 0 heterocycles. The maximum Gasteiger partial charge on any atom is 0.142 e. The van der Waals surface area contributed by atoms with Crippen LogP contribution in [0.15, 0.2) is 48.5 Å². The van der Waals surface area contributed by atoms with Gasteiger partial charge in [0.05, 0.1) is 12.3 Å². The van der Waals surface area contributed by atoms with Crippen LogP contribution in [0.3, 0.4) is 0 Å². The first-order valence-corrected chi connectivity index (χ1v) is 6.92. The summed E-state index contributed by atoms with van der Waals surface area (Å²) >= 11 is 0. The average Bonchev–Trinajstić information content (AvgIpc) is 2.45. The van der Waals surface area contributed by atoms with Crippen molar-refractivity contribution in [1.82, 2.24) is 0 Å². The molecule has 0 amide bonds. The molecule has 0 unspecified atom stereocenters. The number of rotatable bonds is 6. The molecule has 0 saturated carbocycles. The lowest BCUT2D eigenvalue weighted by Crippen LogP contribution is -2.21. The Morgan fingerprint density at radius 1 is 1.05 bits per heavy atom. The number of nitrogens with zero attached hydrogens (tertiary/aromatic N) is 1. The van der Waals surface area contributed by atoms with E-state index >= 15 is 0 Å². The summed E-state index contributed by atoms with van der Waals surface area (Å²) < 4.78 is 5.70. The summed E-state index contributed by atoms with van der Waals surface area (Å²) in [7, 11) is 2.11. The van der Waals surface area contributed by atoms with Crippen LogP contribution in [0.5, 0.6) is 5.75 Å². The van der Waals surface area contributed by atoms with Crippen LogP contribution in [0.1, 0.15) is 12.0 Å². The molecule has 0 atom stereocenters. The standard InChI is InChI=1S/C17H22N2O/c1-14-8-3-5-10-16(14)19(2)12-7-13-20-17-11-6-4-9-15(17)18/h3-6,8-11H,7,12-13,18H2,1-2H3. The van der Waals surface area contributed by atoms with E-state index in [2.05, 4.69) is 43.1 Å².